The highest BCUT2D eigenvalue weighted by Crippen LogP contribution is 2.35. The Labute approximate surface area is 134 Å². The first-order valence-corrected chi connectivity index (χ1v) is 8.79. The molecule has 4 heteroatoms. The van der Waals surface area contributed by atoms with Crippen LogP contribution in [0.1, 0.15) is 48.9 Å². The molecular weight excluding hydrogens is 328 g/mol. The highest BCUT2D eigenvalue weighted by Gasteiger charge is 2.18. The fourth-order valence-corrected chi connectivity index (χ4v) is 4.12. The van der Waals surface area contributed by atoms with Crippen LogP contribution >= 0.6 is 15.9 Å². The molecule has 0 bridgehead atoms. The molecule has 2 aromatic rings. The minimum atomic E-state index is 0.0410. The number of aryl methyl sites for hydroxylation is 2. The minimum absolute atomic E-state index is 0.0410. The highest BCUT2D eigenvalue weighted by atomic mass is 79.9. The lowest BCUT2D eigenvalue weighted by molar-refractivity contribution is 0.483. The Morgan fingerprint density at radius 3 is 2.57 bits per heavy atom. The van der Waals surface area contributed by atoms with Crippen LogP contribution in [0.25, 0.3) is 11.0 Å². The lowest BCUT2D eigenvalue weighted by atomic mass is 9.98. The number of hydrogen-bond acceptors (Lipinski definition) is 1. The molecule has 1 saturated carbocycles. The molecule has 0 aliphatic heterocycles. The van der Waals surface area contributed by atoms with Crippen molar-refractivity contribution in [2.75, 3.05) is 0 Å². The summed E-state index contributed by atoms with van der Waals surface area (Å²) in [6.07, 6.45) is 8.13. The molecular formula is C17H23BrN2O. The normalized spacial score (nSPS) is 17.7. The summed E-state index contributed by atoms with van der Waals surface area (Å²) in [7, 11) is 3.67. The third-order valence-corrected chi connectivity index (χ3v) is 5.95. The lowest BCUT2D eigenvalue weighted by Crippen LogP contribution is -2.19. The number of aromatic nitrogens is 2. The van der Waals surface area contributed by atoms with Gasteiger partial charge in [0.15, 0.2) is 0 Å². The van der Waals surface area contributed by atoms with Gasteiger partial charge in [0.05, 0.1) is 11.0 Å². The summed E-state index contributed by atoms with van der Waals surface area (Å²) in [5.74, 6) is 0.926. The van der Waals surface area contributed by atoms with Crippen molar-refractivity contribution in [3.05, 3.63) is 34.2 Å². The number of hydrogen-bond donors (Lipinski definition) is 0. The van der Waals surface area contributed by atoms with Gasteiger partial charge in [-0.15, -0.1) is 0 Å². The number of halogens is 1. The molecule has 1 unspecified atom stereocenters. The van der Waals surface area contributed by atoms with Crippen LogP contribution in [0.5, 0.6) is 0 Å². The Kier molecular flexibility index (Phi) is 4.25. The van der Waals surface area contributed by atoms with Crippen LogP contribution in [0.4, 0.5) is 0 Å². The van der Waals surface area contributed by atoms with Crippen LogP contribution in [-0.4, -0.2) is 9.13 Å². The molecule has 0 spiro atoms. The van der Waals surface area contributed by atoms with Crippen molar-refractivity contribution in [3.63, 3.8) is 0 Å². The average molecular weight is 351 g/mol. The second kappa shape index (κ2) is 5.99. The van der Waals surface area contributed by atoms with Crippen LogP contribution in [0.15, 0.2) is 23.0 Å². The number of imidazole rings is 1. The molecule has 0 amide bonds. The summed E-state index contributed by atoms with van der Waals surface area (Å²) in [5.41, 5.74) is 3.34. The third-order valence-electron chi connectivity index (χ3n) is 4.96. The molecule has 1 aliphatic carbocycles. The second-order valence-corrected chi connectivity index (χ2v) is 7.45. The van der Waals surface area contributed by atoms with E-state index >= 15 is 0 Å². The van der Waals surface area contributed by atoms with Gasteiger partial charge in [-0.25, -0.2) is 4.79 Å². The van der Waals surface area contributed by atoms with E-state index in [-0.39, 0.29) is 5.69 Å². The summed E-state index contributed by atoms with van der Waals surface area (Å²) in [6, 6.07) is 6.37. The topological polar surface area (TPSA) is 26.9 Å². The van der Waals surface area contributed by atoms with E-state index in [2.05, 4.69) is 34.1 Å². The molecule has 0 radical (unpaired) electrons. The van der Waals surface area contributed by atoms with Crippen molar-refractivity contribution in [1.29, 1.82) is 0 Å². The first-order chi connectivity index (χ1) is 10.1. The predicted molar refractivity (Wildman–Crippen MR) is 91.0 cm³/mol. The van der Waals surface area contributed by atoms with Gasteiger partial charge in [-0.05, 0) is 36.5 Å². The van der Waals surface area contributed by atoms with Crippen molar-refractivity contribution in [3.8, 4) is 0 Å². The molecule has 1 heterocycles. The van der Waals surface area contributed by atoms with Gasteiger partial charge in [0.2, 0.25) is 0 Å². The summed E-state index contributed by atoms with van der Waals surface area (Å²) < 4.78 is 3.44. The van der Waals surface area contributed by atoms with Crippen molar-refractivity contribution in [2.24, 2.45) is 20.0 Å². The number of rotatable bonds is 4. The molecule has 1 aromatic carbocycles. The standard InChI is InChI=1S/C17H23BrN2O/c1-19-15-10-8-13(11-16(15)20(2)17(19)21)14(18)9-7-12-5-3-4-6-12/h8,10-12,14H,3-7,9H2,1-2H3. The van der Waals surface area contributed by atoms with Crippen molar-refractivity contribution in [2.45, 2.75) is 43.4 Å². The minimum Gasteiger partial charge on any atom is -0.295 e. The molecule has 3 rings (SSSR count). The van der Waals surface area contributed by atoms with Crippen LogP contribution < -0.4 is 5.69 Å². The second-order valence-electron chi connectivity index (χ2n) is 6.34. The van der Waals surface area contributed by atoms with E-state index in [0.29, 0.717) is 4.83 Å². The number of alkyl halides is 1. The van der Waals surface area contributed by atoms with E-state index in [9.17, 15) is 4.79 Å². The summed E-state index contributed by atoms with van der Waals surface area (Å²) >= 11 is 3.83. The number of nitrogens with zero attached hydrogens (tertiary/aromatic N) is 2. The SMILES string of the molecule is Cn1c(=O)n(C)c2cc(C(Br)CCC3CCCC3)ccc21. The Balaban J connectivity index is 1.79. The smallest absolute Gasteiger partial charge is 0.295 e. The molecule has 0 saturated heterocycles. The van der Waals surface area contributed by atoms with Gasteiger partial charge in [-0.3, -0.25) is 9.13 Å². The van der Waals surface area contributed by atoms with E-state index in [4.69, 9.17) is 0 Å². The maximum absolute atomic E-state index is 12.0. The van der Waals surface area contributed by atoms with Gasteiger partial charge in [-0.1, -0.05) is 47.7 Å². The van der Waals surface area contributed by atoms with E-state index in [0.717, 1.165) is 17.0 Å². The monoisotopic (exact) mass is 350 g/mol. The van der Waals surface area contributed by atoms with Gasteiger partial charge in [-0.2, -0.15) is 0 Å². The molecule has 0 N–H and O–H groups in total. The van der Waals surface area contributed by atoms with Crippen LogP contribution in [0.2, 0.25) is 0 Å². The summed E-state index contributed by atoms with van der Waals surface area (Å²) in [4.78, 5) is 12.4. The molecule has 3 nitrogen and oxygen atoms in total. The van der Waals surface area contributed by atoms with Gasteiger partial charge >= 0.3 is 5.69 Å². The van der Waals surface area contributed by atoms with E-state index in [1.54, 1.807) is 9.13 Å². The maximum atomic E-state index is 12.0. The quantitative estimate of drug-likeness (QED) is 0.755. The van der Waals surface area contributed by atoms with Gasteiger partial charge in [0, 0.05) is 18.9 Å². The zero-order valence-corrected chi connectivity index (χ0v) is 14.4. The largest absolute Gasteiger partial charge is 0.328 e. The molecule has 21 heavy (non-hydrogen) atoms. The summed E-state index contributed by atoms with van der Waals surface area (Å²) in [5, 5.41) is 0. The molecule has 114 valence electrons. The predicted octanol–water partition coefficient (Wildman–Crippen LogP) is 4.28. The first kappa shape index (κ1) is 14.9. The van der Waals surface area contributed by atoms with Gasteiger partial charge in [0.25, 0.3) is 0 Å². The van der Waals surface area contributed by atoms with Crippen LogP contribution in [-0.2, 0) is 14.1 Å². The van der Waals surface area contributed by atoms with E-state index < -0.39 is 0 Å². The Morgan fingerprint density at radius 2 is 1.86 bits per heavy atom. The first-order valence-electron chi connectivity index (χ1n) is 7.87. The van der Waals surface area contributed by atoms with Gasteiger partial charge in [0.1, 0.15) is 0 Å². The highest BCUT2D eigenvalue weighted by molar-refractivity contribution is 9.09. The lowest BCUT2D eigenvalue weighted by Gasteiger charge is -2.14. The third kappa shape index (κ3) is 2.83. The summed E-state index contributed by atoms with van der Waals surface area (Å²) in [6.45, 7) is 0. The maximum Gasteiger partial charge on any atom is 0.328 e. The molecule has 1 atom stereocenters. The van der Waals surface area contributed by atoms with Crippen molar-refractivity contribution >= 4 is 27.0 Å². The average Bonchev–Trinajstić information content (AvgIpc) is 3.09. The zero-order valence-electron chi connectivity index (χ0n) is 12.8. The zero-order chi connectivity index (χ0) is 15.0. The fourth-order valence-electron chi connectivity index (χ4n) is 3.57. The Hall–Kier alpha value is -1.03. The van der Waals surface area contributed by atoms with Crippen molar-refractivity contribution < 1.29 is 0 Å². The van der Waals surface area contributed by atoms with E-state index in [1.807, 2.05) is 14.1 Å². The molecule has 1 aromatic heterocycles. The fraction of sp³-hybridized carbons (Fsp3) is 0.588. The Morgan fingerprint density at radius 1 is 1.19 bits per heavy atom. The molecule has 1 fully saturated rings. The Bertz CT molecular complexity index is 695. The van der Waals surface area contributed by atoms with Crippen molar-refractivity contribution in [1.82, 2.24) is 9.13 Å². The van der Waals surface area contributed by atoms with Gasteiger partial charge < -0.3 is 0 Å². The number of benzene rings is 1. The van der Waals surface area contributed by atoms with E-state index in [1.165, 1.54) is 44.1 Å². The van der Waals surface area contributed by atoms with Crippen LogP contribution in [0, 0.1) is 5.92 Å². The molecule has 1 aliphatic rings. The number of fused-ring (bicyclic) bond motifs is 1. The van der Waals surface area contributed by atoms with Crippen LogP contribution in [0.3, 0.4) is 0 Å².